The highest BCUT2D eigenvalue weighted by atomic mass is 16.3. The Bertz CT molecular complexity index is 936. The topological polar surface area (TPSA) is 100 Å². The van der Waals surface area contributed by atoms with Crippen LogP contribution < -0.4 is 16.0 Å². The molecule has 3 N–H and O–H groups in total. The van der Waals surface area contributed by atoms with Crippen LogP contribution in [0.15, 0.2) is 77.4 Å². The first kappa shape index (κ1) is 18.9. The molecule has 0 saturated carbocycles. The quantitative estimate of drug-likeness (QED) is 0.589. The summed E-state index contributed by atoms with van der Waals surface area (Å²) in [4.78, 5) is 35.7. The van der Waals surface area contributed by atoms with Gasteiger partial charge in [-0.25, -0.2) is 0 Å². The van der Waals surface area contributed by atoms with Crippen molar-refractivity contribution >= 4 is 23.4 Å². The number of benzene rings is 2. The van der Waals surface area contributed by atoms with Crippen LogP contribution in [0.1, 0.15) is 26.5 Å². The predicted molar refractivity (Wildman–Crippen MR) is 104 cm³/mol. The van der Waals surface area contributed by atoms with Crippen molar-refractivity contribution in [2.75, 3.05) is 11.9 Å². The Morgan fingerprint density at radius 1 is 0.786 bits per heavy atom. The molecule has 7 heteroatoms. The molecule has 0 unspecified atom stereocenters. The van der Waals surface area contributed by atoms with Crippen molar-refractivity contribution in [3.8, 4) is 0 Å². The number of hydrogen-bond donors (Lipinski definition) is 3. The smallest absolute Gasteiger partial charge is 0.291 e. The molecule has 0 spiro atoms. The predicted octanol–water partition coefficient (Wildman–Crippen LogP) is 2.58. The molecule has 0 aliphatic rings. The van der Waals surface area contributed by atoms with Gasteiger partial charge in [0.15, 0.2) is 5.76 Å². The van der Waals surface area contributed by atoms with Gasteiger partial charge in [0.25, 0.3) is 11.8 Å². The maximum absolute atomic E-state index is 11.9. The van der Waals surface area contributed by atoms with E-state index in [4.69, 9.17) is 4.42 Å². The molecule has 3 rings (SSSR count). The molecule has 0 saturated heterocycles. The zero-order chi connectivity index (χ0) is 19.8. The molecule has 0 aliphatic carbocycles. The van der Waals surface area contributed by atoms with Gasteiger partial charge >= 0.3 is 0 Å². The zero-order valence-corrected chi connectivity index (χ0v) is 15.0. The van der Waals surface area contributed by atoms with E-state index in [0.717, 1.165) is 5.56 Å². The first-order valence-electron chi connectivity index (χ1n) is 8.65. The van der Waals surface area contributed by atoms with Gasteiger partial charge in [0.2, 0.25) is 5.91 Å². The molecule has 3 aromatic rings. The van der Waals surface area contributed by atoms with E-state index in [1.807, 2.05) is 6.07 Å². The Balaban J connectivity index is 1.42. The van der Waals surface area contributed by atoms with E-state index in [1.54, 1.807) is 60.7 Å². The highest BCUT2D eigenvalue weighted by Crippen LogP contribution is 2.11. The van der Waals surface area contributed by atoms with Crippen molar-refractivity contribution in [3.63, 3.8) is 0 Å². The minimum Gasteiger partial charge on any atom is -0.459 e. The zero-order valence-electron chi connectivity index (χ0n) is 15.0. The molecular formula is C21H19N3O4. The van der Waals surface area contributed by atoms with Crippen molar-refractivity contribution in [2.45, 2.75) is 6.54 Å². The fourth-order valence-corrected chi connectivity index (χ4v) is 2.42. The van der Waals surface area contributed by atoms with E-state index in [0.29, 0.717) is 17.8 Å². The van der Waals surface area contributed by atoms with Gasteiger partial charge in [-0.15, -0.1) is 0 Å². The molecule has 3 amide bonds. The van der Waals surface area contributed by atoms with Crippen LogP contribution >= 0.6 is 0 Å². The van der Waals surface area contributed by atoms with E-state index >= 15 is 0 Å². The monoisotopic (exact) mass is 377 g/mol. The van der Waals surface area contributed by atoms with Gasteiger partial charge in [-0.1, -0.05) is 30.3 Å². The van der Waals surface area contributed by atoms with Crippen LogP contribution in [0, 0.1) is 0 Å². The first-order chi connectivity index (χ1) is 13.6. The van der Waals surface area contributed by atoms with Crippen molar-refractivity contribution in [3.05, 3.63) is 89.9 Å². The number of nitrogens with one attached hydrogen (secondary N) is 3. The SMILES string of the molecule is O=C(CNC(=O)c1ccccc1)NCc1ccc(NC(=O)c2ccco2)cc1. The van der Waals surface area contributed by atoms with Crippen molar-refractivity contribution in [1.29, 1.82) is 0 Å². The van der Waals surface area contributed by atoms with Gasteiger partial charge in [-0.05, 0) is 42.0 Å². The molecule has 0 radical (unpaired) electrons. The average Bonchev–Trinajstić information content (AvgIpc) is 3.27. The van der Waals surface area contributed by atoms with Gasteiger partial charge < -0.3 is 20.4 Å². The van der Waals surface area contributed by atoms with Crippen molar-refractivity contribution < 1.29 is 18.8 Å². The van der Waals surface area contributed by atoms with Crippen molar-refractivity contribution in [1.82, 2.24) is 10.6 Å². The summed E-state index contributed by atoms with van der Waals surface area (Å²) in [6, 6.07) is 19.0. The van der Waals surface area contributed by atoms with Gasteiger partial charge in [0, 0.05) is 17.8 Å². The summed E-state index contributed by atoms with van der Waals surface area (Å²) in [6.45, 7) is 0.206. The van der Waals surface area contributed by atoms with Crippen LogP contribution in [0.25, 0.3) is 0 Å². The summed E-state index contributed by atoms with van der Waals surface area (Å²) >= 11 is 0. The van der Waals surface area contributed by atoms with Gasteiger partial charge in [-0.2, -0.15) is 0 Å². The van der Waals surface area contributed by atoms with E-state index in [2.05, 4.69) is 16.0 Å². The third-order valence-electron chi connectivity index (χ3n) is 3.89. The number of carbonyl (C=O) groups is 3. The van der Waals surface area contributed by atoms with Crippen LogP contribution in [-0.4, -0.2) is 24.3 Å². The Labute approximate surface area is 161 Å². The number of hydrogen-bond acceptors (Lipinski definition) is 4. The highest BCUT2D eigenvalue weighted by Gasteiger charge is 2.09. The Hall–Kier alpha value is -3.87. The second kappa shape index (κ2) is 9.18. The van der Waals surface area contributed by atoms with Crippen LogP contribution in [-0.2, 0) is 11.3 Å². The Kier molecular flexibility index (Phi) is 6.20. The number of amides is 3. The molecular weight excluding hydrogens is 358 g/mol. The Morgan fingerprint density at radius 2 is 1.54 bits per heavy atom. The largest absolute Gasteiger partial charge is 0.459 e. The standard InChI is InChI=1S/C21H19N3O4/c25-19(14-23-20(26)16-5-2-1-3-6-16)22-13-15-8-10-17(11-9-15)24-21(27)18-7-4-12-28-18/h1-12H,13-14H2,(H,22,25)(H,23,26)(H,24,27). The summed E-state index contributed by atoms with van der Waals surface area (Å²) in [5.41, 5.74) is 1.98. The maximum Gasteiger partial charge on any atom is 0.291 e. The third-order valence-corrected chi connectivity index (χ3v) is 3.89. The number of carbonyl (C=O) groups excluding carboxylic acids is 3. The summed E-state index contributed by atoms with van der Waals surface area (Å²) in [5.74, 6) is -0.694. The lowest BCUT2D eigenvalue weighted by Crippen LogP contribution is -2.36. The highest BCUT2D eigenvalue weighted by molar-refractivity contribution is 6.02. The second-order valence-electron chi connectivity index (χ2n) is 5.95. The summed E-state index contributed by atoms with van der Waals surface area (Å²) in [5, 5.41) is 8.02. The second-order valence-corrected chi connectivity index (χ2v) is 5.95. The van der Waals surface area contributed by atoms with Gasteiger partial charge in [0.1, 0.15) is 0 Å². The lowest BCUT2D eigenvalue weighted by Gasteiger charge is -2.08. The molecule has 0 bridgehead atoms. The lowest BCUT2D eigenvalue weighted by molar-refractivity contribution is -0.120. The van der Waals surface area contributed by atoms with Crippen LogP contribution in [0.4, 0.5) is 5.69 Å². The van der Waals surface area contributed by atoms with E-state index < -0.39 is 0 Å². The van der Waals surface area contributed by atoms with E-state index in [9.17, 15) is 14.4 Å². The number of furan rings is 1. The molecule has 0 aliphatic heterocycles. The molecule has 1 heterocycles. The van der Waals surface area contributed by atoms with E-state index in [-0.39, 0.29) is 30.0 Å². The number of rotatable bonds is 7. The average molecular weight is 377 g/mol. The molecule has 142 valence electrons. The molecule has 0 atom stereocenters. The minimum absolute atomic E-state index is 0.106. The first-order valence-corrected chi connectivity index (χ1v) is 8.65. The lowest BCUT2D eigenvalue weighted by atomic mass is 10.2. The normalized spacial score (nSPS) is 10.1. The molecule has 0 fully saturated rings. The Morgan fingerprint density at radius 3 is 2.21 bits per heavy atom. The van der Waals surface area contributed by atoms with Crippen LogP contribution in [0.5, 0.6) is 0 Å². The van der Waals surface area contributed by atoms with Crippen LogP contribution in [0.3, 0.4) is 0 Å². The number of anilines is 1. The maximum atomic E-state index is 11.9. The van der Waals surface area contributed by atoms with E-state index in [1.165, 1.54) is 6.26 Å². The molecule has 2 aromatic carbocycles. The van der Waals surface area contributed by atoms with Gasteiger partial charge in [0.05, 0.1) is 12.8 Å². The van der Waals surface area contributed by atoms with Gasteiger partial charge in [-0.3, -0.25) is 14.4 Å². The van der Waals surface area contributed by atoms with Crippen LogP contribution in [0.2, 0.25) is 0 Å². The molecule has 7 nitrogen and oxygen atoms in total. The third kappa shape index (κ3) is 5.31. The fourth-order valence-electron chi connectivity index (χ4n) is 2.42. The summed E-state index contributed by atoms with van der Waals surface area (Å²) in [6.07, 6.45) is 1.43. The molecule has 1 aromatic heterocycles. The molecule has 28 heavy (non-hydrogen) atoms. The minimum atomic E-state index is -0.333. The summed E-state index contributed by atoms with van der Waals surface area (Å²) < 4.78 is 5.03. The fraction of sp³-hybridized carbons (Fsp3) is 0.0952. The summed E-state index contributed by atoms with van der Waals surface area (Å²) in [7, 11) is 0. The van der Waals surface area contributed by atoms with Crippen molar-refractivity contribution in [2.24, 2.45) is 0 Å².